The van der Waals surface area contributed by atoms with Crippen molar-refractivity contribution in [1.29, 1.82) is 0 Å². The Morgan fingerprint density at radius 2 is 1.93 bits per heavy atom. The van der Waals surface area contributed by atoms with Crippen LogP contribution in [0.1, 0.15) is 17.2 Å². The quantitative estimate of drug-likeness (QED) is 0.792. The van der Waals surface area contributed by atoms with Crippen LogP contribution in [0.25, 0.3) is 0 Å². The third-order valence-electron chi connectivity index (χ3n) is 2.00. The lowest BCUT2D eigenvalue weighted by molar-refractivity contribution is -0.149. The van der Waals surface area contributed by atoms with Crippen LogP contribution in [0.2, 0.25) is 5.02 Å². The molecule has 0 amide bonds. The largest absolute Gasteiger partial charge is 0.508 e. The van der Waals surface area contributed by atoms with Crippen LogP contribution in [-0.2, 0) is 0 Å². The van der Waals surface area contributed by atoms with Crippen molar-refractivity contribution >= 4 is 11.6 Å². The first kappa shape index (κ1) is 12.1. The summed E-state index contributed by atoms with van der Waals surface area (Å²) in [5.74, 6) is -0.498. The van der Waals surface area contributed by atoms with E-state index < -0.39 is 23.5 Å². The fourth-order valence-electron chi connectivity index (χ4n) is 1.11. The van der Waals surface area contributed by atoms with E-state index >= 15 is 0 Å². The Kier molecular flexibility index (Phi) is 3.16. The number of hydrogen-bond acceptors (Lipinski definition) is 2. The average Bonchev–Trinajstić information content (AvgIpc) is 2.08. The standard InChI is InChI=1S/C9H9ClF3NO/c1-4-2-7(15)5(3-6(4)10)8(14)9(11,12)13/h2-3,8,15H,14H2,1H3/t8-/m0/s1. The first-order valence-electron chi connectivity index (χ1n) is 4.04. The number of benzene rings is 1. The van der Waals surface area contributed by atoms with Gasteiger partial charge < -0.3 is 10.8 Å². The van der Waals surface area contributed by atoms with Gasteiger partial charge in [0.05, 0.1) is 0 Å². The van der Waals surface area contributed by atoms with Gasteiger partial charge in [-0.3, -0.25) is 0 Å². The maximum atomic E-state index is 12.3. The van der Waals surface area contributed by atoms with Gasteiger partial charge in [-0.1, -0.05) is 11.6 Å². The molecule has 1 atom stereocenters. The zero-order valence-electron chi connectivity index (χ0n) is 7.77. The third-order valence-corrected chi connectivity index (χ3v) is 2.40. The van der Waals surface area contributed by atoms with Crippen LogP contribution in [0.4, 0.5) is 13.2 Å². The molecule has 0 aliphatic heterocycles. The molecule has 0 spiro atoms. The first-order valence-corrected chi connectivity index (χ1v) is 4.42. The number of nitrogens with two attached hydrogens (primary N) is 1. The minimum atomic E-state index is -4.60. The van der Waals surface area contributed by atoms with Crippen LogP contribution in [0.5, 0.6) is 5.75 Å². The Morgan fingerprint density at radius 1 is 1.40 bits per heavy atom. The highest BCUT2D eigenvalue weighted by Gasteiger charge is 2.39. The van der Waals surface area contributed by atoms with Gasteiger partial charge in [0.1, 0.15) is 11.8 Å². The summed E-state index contributed by atoms with van der Waals surface area (Å²) in [4.78, 5) is 0. The molecule has 0 aliphatic carbocycles. The van der Waals surface area contributed by atoms with Crippen molar-refractivity contribution in [2.45, 2.75) is 19.1 Å². The van der Waals surface area contributed by atoms with E-state index in [1.54, 1.807) is 6.92 Å². The average molecular weight is 240 g/mol. The second-order valence-electron chi connectivity index (χ2n) is 3.18. The molecule has 3 N–H and O–H groups in total. The fraction of sp³-hybridized carbons (Fsp3) is 0.333. The molecule has 1 aromatic rings. The third kappa shape index (κ3) is 2.54. The molecule has 0 bridgehead atoms. The van der Waals surface area contributed by atoms with E-state index in [0.29, 0.717) is 5.56 Å². The Hall–Kier alpha value is -0.940. The molecule has 2 nitrogen and oxygen atoms in total. The van der Waals surface area contributed by atoms with Crippen molar-refractivity contribution < 1.29 is 18.3 Å². The van der Waals surface area contributed by atoms with Crippen molar-refractivity contribution in [3.63, 3.8) is 0 Å². The van der Waals surface area contributed by atoms with E-state index in [-0.39, 0.29) is 5.02 Å². The number of aryl methyl sites for hydroxylation is 1. The SMILES string of the molecule is Cc1cc(O)c([C@H](N)C(F)(F)F)cc1Cl. The van der Waals surface area contributed by atoms with Crippen LogP contribution >= 0.6 is 11.6 Å². The molecular weight excluding hydrogens is 231 g/mol. The van der Waals surface area contributed by atoms with Crippen LogP contribution in [0.3, 0.4) is 0 Å². The number of rotatable bonds is 1. The topological polar surface area (TPSA) is 46.2 Å². The summed E-state index contributed by atoms with van der Waals surface area (Å²) < 4.78 is 36.8. The molecular formula is C9H9ClF3NO. The Morgan fingerprint density at radius 3 is 2.40 bits per heavy atom. The van der Waals surface area contributed by atoms with Crippen molar-refractivity contribution in [1.82, 2.24) is 0 Å². The lowest BCUT2D eigenvalue weighted by atomic mass is 10.0. The van der Waals surface area contributed by atoms with Crippen LogP contribution in [-0.4, -0.2) is 11.3 Å². The monoisotopic (exact) mass is 239 g/mol. The fourth-order valence-corrected chi connectivity index (χ4v) is 1.28. The van der Waals surface area contributed by atoms with Crippen molar-refractivity contribution in [2.75, 3.05) is 0 Å². The molecule has 0 unspecified atom stereocenters. The summed E-state index contributed by atoms with van der Waals surface area (Å²) in [5.41, 5.74) is 5.02. The van der Waals surface area contributed by atoms with E-state index in [9.17, 15) is 18.3 Å². The summed E-state index contributed by atoms with van der Waals surface area (Å²) in [7, 11) is 0. The second-order valence-corrected chi connectivity index (χ2v) is 3.59. The van der Waals surface area contributed by atoms with E-state index in [1.807, 2.05) is 0 Å². The number of halogens is 4. The molecule has 0 heterocycles. The van der Waals surface area contributed by atoms with E-state index in [0.717, 1.165) is 12.1 Å². The zero-order valence-corrected chi connectivity index (χ0v) is 8.52. The molecule has 0 radical (unpaired) electrons. The highest BCUT2D eigenvalue weighted by Crippen LogP contribution is 2.37. The Balaban J connectivity index is 3.21. The molecule has 84 valence electrons. The molecule has 0 aliphatic rings. The van der Waals surface area contributed by atoms with Gasteiger partial charge in [-0.25, -0.2) is 0 Å². The molecule has 0 saturated heterocycles. The predicted octanol–water partition coefficient (Wildman–Crippen LogP) is 2.92. The molecule has 1 aromatic carbocycles. The van der Waals surface area contributed by atoms with Gasteiger partial charge in [0.15, 0.2) is 0 Å². The Labute approximate surface area is 89.5 Å². The normalized spacial score (nSPS) is 14.0. The first-order chi connectivity index (χ1) is 6.73. The summed E-state index contributed by atoms with van der Waals surface area (Å²) in [6.45, 7) is 1.57. The molecule has 0 aromatic heterocycles. The van der Waals surface area contributed by atoms with Crippen molar-refractivity contribution in [3.05, 3.63) is 28.3 Å². The molecule has 0 saturated carbocycles. The van der Waals surface area contributed by atoms with Crippen molar-refractivity contribution in [2.24, 2.45) is 5.73 Å². The van der Waals surface area contributed by atoms with Crippen LogP contribution in [0.15, 0.2) is 12.1 Å². The number of aromatic hydroxyl groups is 1. The lowest BCUT2D eigenvalue weighted by Gasteiger charge is -2.17. The number of phenolic OH excluding ortho intramolecular Hbond substituents is 1. The van der Waals surface area contributed by atoms with Crippen LogP contribution in [0, 0.1) is 6.92 Å². The number of hydrogen-bond donors (Lipinski definition) is 2. The van der Waals surface area contributed by atoms with Gasteiger partial charge in [-0.05, 0) is 24.6 Å². The van der Waals surface area contributed by atoms with Gasteiger partial charge in [0.25, 0.3) is 0 Å². The van der Waals surface area contributed by atoms with Gasteiger partial charge >= 0.3 is 6.18 Å². The minimum Gasteiger partial charge on any atom is -0.508 e. The maximum Gasteiger partial charge on any atom is 0.407 e. The van der Waals surface area contributed by atoms with E-state index in [1.165, 1.54) is 0 Å². The van der Waals surface area contributed by atoms with Crippen LogP contribution < -0.4 is 5.73 Å². The predicted molar refractivity (Wildman–Crippen MR) is 50.8 cm³/mol. The second kappa shape index (κ2) is 3.90. The van der Waals surface area contributed by atoms with Gasteiger partial charge in [0.2, 0.25) is 0 Å². The van der Waals surface area contributed by atoms with E-state index in [2.05, 4.69) is 0 Å². The summed E-state index contributed by atoms with van der Waals surface area (Å²) >= 11 is 5.65. The molecule has 15 heavy (non-hydrogen) atoms. The molecule has 6 heteroatoms. The lowest BCUT2D eigenvalue weighted by Crippen LogP contribution is -2.28. The number of alkyl halides is 3. The van der Waals surface area contributed by atoms with Crippen molar-refractivity contribution in [3.8, 4) is 5.75 Å². The highest BCUT2D eigenvalue weighted by atomic mass is 35.5. The Bertz CT molecular complexity index is 378. The van der Waals surface area contributed by atoms with Gasteiger partial charge in [-0.15, -0.1) is 0 Å². The summed E-state index contributed by atoms with van der Waals surface area (Å²) in [5, 5.41) is 9.45. The molecule has 0 fully saturated rings. The smallest absolute Gasteiger partial charge is 0.407 e. The highest BCUT2D eigenvalue weighted by molar-refractivity contribution is 6.31. The molecule has 1 rings (SSSR count). The van der Waals surface area contributed by atoms with Gasteiger partial charge in [-0.2, -0.15) is 13.2 Å². The summed E-state index contributed by atoms with van der Waals surface area (Å²) in [6, 6.07) is -0.0382. The maximum absolute atomic E-state index is 12.3. The summed E-state index contributed by atoms with van der Waals surface area (Å²) in [6.07, 6.45) is -4.60. The minimum absolute atomic E-state index is 0.141. The number of phenols is 1. The van der Waals surface area contributed by atoms with E-state index in [4.69, 9.17) is 17.3 Å². The van der Waals surface area contributed by atoms with Gasteiger partial charge in [0, 0.05) is 10.6 Å². The zero-order chi connectivity index (χ0) is 11.8.